The fraction of sp³-hybridized carbons (Fsp3) is 0.200. The third-order valence-electron chi connectivity index (χ3n) is 2.73. The van der Waals surface area contributed by atoms with E-state index in [0.717, 1.165) is 10.6 Å². The molecule has 0 unspecified atom stereocenters. The molecule has 0 N–H and O–H groups in total. The van der Waals surface area contributed by atoms with Gasteiger partial charge in [-0.3, -0.25) is 9.63 Å². The van der Waals surface area contributed by atoms with E-state index in [1.165, 1.54) is 14.2 Å². The van der Waals surface area contributed by atoms with Crippen LogP contribution in [0.15, 0.2) is 48.5 Å². The van der Waals surface area contributed by atoms with Crippen LogP contribution in [0.4, 0.5) is 0 Å². The third-order valence-corrected chi connectivity index (χ3v) is 2.73. The molecule has 0 aliphatic rings. The first-order valence-corrected chi connectivity index (χ1v) is 6.16. The molecule has 0 spiro atoms. The second-order valence-electron chi connectivity index (χ2n) is 4.12. The molecule has 104 valence electrons. The Morgan fingerprint density at radius 3 is 2.60 bits per heavy atom. The van der Waals surface area contributed by atoms with Crippen LogP contribution in [-0.2, 0) is 11.4 Å². The number of nitrogens with zero attached hydrogens (tertiary/aromatic N) is 2. The first-order valence-electron chi connectivity index (χ1n) is 6.16. The Kier molecular flexibility index (Phi) is 4.68. The van der Waals surface area contributed by atoms with Gasteiger partial charge in [0.2, 0.25) is 5.88 Å². The predicted molar refractivity (Wildman–Crippen MR) is 74.1 cm³/mol. The number of hydrogen-bond donors (Lipinski definition) is 0. The zero-order chi connectivity index (χ0) is 14.4. The molecule has 2 aromatic rings. The maximum absolute atomic E-state index is 11.9. The van der Waals surface area contributed by atoms with Gasteiger partial charge in [0.1, 0.15) is 12.3 Å². The average molecular weight is 272 g/mol. The summed E-state index contributed by atoms with van der Waals surface area (Å²) in [6, 6.07) is 14.8. The lowest BCUT2D eigenvalue weighted by Crippen LogP contribution is -2.26. The number of rotatable bonds is 5. The monoisotopic (exact) mass is 272 g/mol. The Balaban J connectivity index is 2.05. The molecule has 1 amide bonds. The van der Waals surface area contributed by atoms with Gasteiger partial charge in [-0.05, 0) is 11.6 Å². The largest absolute Gasteiger partial charge is 0.473 e. The fourth-order valence-corrected chi connectivity index (χ4v) is 1.59. The predicted octanol–water partition coefficient (Wildman–Crippen LogP) is 2.29. The molecule has 0 fully saturated rings. The van der Waals surface area contributed by atoms with Gasteiger partial charge in [0.15, 0.2) is 0 Å². The number of hydroxylamine groups is 2. The highest BCUT2D eigenvalue weighted by atomic mass is 16.7. The lowest BCUT2D eigenvalue weighted by Gasteiger charge is -2.13. The maximum Gasteiger partial charge on any atom is 0.295 e. The quantitative estimate of drug-likeness (QED) is 0.784. The van der Waals surface area contributed by atoms with E-state index in [0.29, 0.717) is 12.5 Å². The van der Waals surface area contributed by atoms with Crippen LogP contribution >= 0.6 is 0 Å². The van der Waals surface area contributed by atoms with E-state index in [9.17, 15) is 4.79 Å². The maximum atomic E-state index is 11.9. The zero-order valence-corrected chi connectivity index (χ0v) is 11.4. The van der Waals surface area contributed by atoms with Gasteiger partial charge in [-0.15, -0.1) is 0 Å². The number of carbonyl (C=O) groups excluding carboxylic acids is 1. The molecule has 20 heavy (non-hydrogen) atoms. The van der Waals surface area contributed by atoms with Crippen molar-refractivity contribution in [2.45, 2.75) is 6.61 Å². The molecular formula is C15H16N2O3. The summed E-state index contributed by atoms with van der Waals surface area (Å²) >= 11 is 0. The summed E-state index contributed by atoms with van der Waals surface area (Å²) in [5.74, 6) is 0.0851. The second kappa shape index (κ2) is 6.68. The minimum Gasteiger partial charge on any atom is -0.473 e. The summed E-state index contributed by atoms with van der Waals surface area (Å²) < 4.78 is 5.57. The molecule has 2 rings (SSSR count). The van der Waals surface area contributed by atoms with Crippen molar-refractivity contribution < 1.29 is 14.4 Å². The summed E-state index contributed by atoms with van der Waals surface area (Å²) in [6.07, 6.45) is 0. The van der Waals surface area contributed by atoms with Crippen LogP contribution in [0.25, 0.3) is 0 Å². The fourth-order valence-electron chi connectivity index (χ4n) is 1.59. The molecule has 0 atom stereocenters. The standard InChI is InChI=1S/C15H16N2O3/c1-17(19-2)15(18)13-9-6-10-14(16-13)20-11-12-7-4-3-5-8-12/h3-10H,11H2,1-2H3. The second-order valence-corrected chi connectivity index (χ2v) is 4.12. The van der Waals surface area contributed by atoms with E-state index in [4.69, 9.17) is 9.57 Å². The molecule has 0 aliphatic carbocycles. The van der Waals surface area contributed by atoms with Crippen LogP contribution in [0.5, 0.6) is 5.88 Å². The van der Waals surface area contributed by atoms with Crippen LogP contribution in [0.1, 0.15) is 16.1 Å². The van der Waals surface area contributed by atoms with Crippen molar-refractivity contribution >= 4 is 5.91 Å². The number of aromatic nitrogens is 1. The zero-order valence-electron chi connectivity index (χ0n) is 11.4. The number of hydrogen-bond acceptors (Lipinski definition) is 4. The minimum atomic E-state index is -0.322. The average Bonchev–Trinajstić information content (AvgIpc) is 2.52. The van der Waals surface area contributed by atoms with Crippen molar-refractivity contribution in [2.75, 3.05) is 14.2 Å². The van der Waals surface area contributed by atoms with Crippen molar-refractivity contribution in [1.29, 1.82) is 0 Å². The van der Waals surface area contributed by atoms with Crippen molar-refractivity contribution in [3.63, 3.8) is 0 Å². The van der Waals surface area contributed by atoms with E-state index in [2.05, 4.69) is 4.98 Å². The van der Waals surface area contributed by atoms with E-state index >= 15 is 0 Å². The van der Waals surface area contributed by atoms with Gasteiger partial charge in [-0.2, -0.15) is 0 Å². The number of carbonyl (C=O) groups is 1. The summed E-state index contributed by atoms with van der Waals surface area (Å²) in [5.41, 5.74) is 1.32. The Morgan fingerprint density at radius 2 is 1.90 bits per heavy atom. The SMILES string of the molecule is CON(C)C(=O)c1cccc(OCc2ccccc2)n1. The molecule has 1 heterocycles. The highest BCUT2D eigenvalue weighted by molar-refractivity contribution is 5.91. The van der Waals surface area contributed by atoms with Crippen LogP contribution < -0.4 is 4.74 Å². The Labute approximate surface area is 117 Å². The summed E-state index contributed by atoms with van der Waals surface area (Å²) in [5, 5.41) is 1.11. The Hall–Kier alpha value is -2.40. The van der Waals surface area contributed by atoms with E-state index in [1.54, 1.807) is 18.2 Å². The molecule has 0 radical (unpaired) electrons. The first-order chi connectivity index (χ1) is 9.70. The number of pyridine rings is 1. The number of ether oxygens (including phenoxy) is 1. The van der Waals surface area contributed by atoms with Crippen LogP contribution in [-0.4, -0.2) is 30.1 Å². The highest BCUT2D eigenvalue weighted by Crippen LogP contribution is 2.11. The summed E-state index contributed by atoms with van der Waals surface area (Å²) in [4.78, 5) is 20.9. The van der Waals surface area contributed by atoms with Gasteiger partial charge in [0, 0.05) is 13.1 Å². The van der Waals surface area contributed by atoms with Crippen LogP contribution in [0, 0.1) is 0 Å². The minimum absolute atomic E-state index is 0.278. The van der Waals surface area contributed by atoms with Crippen molar-refractivity contribution in [3.8, 4) is 5.88 Å². The molecule has 0 bridgehead atoms. The van der Waals surface area contributed by atoms with Gasteiger partial charge in [0.25, 0.3) is 5.91 Å². The van der Waals surface area contributed by atoms with Crippen LogP contribution in [0.2, 0.25) is 0 Å². The van der Waals surface area contributed by atoms with Gasteiger partial charge in [0.05, 0.1) is 7.11 Å². The van der Waals surface area contributed by atoms with Gasteiger partial charge in [-0.1, -0.05) is 36.4 Å². The van der Waals surface area contributed by atoms with Crippen molar-refractivity contribution in [3.05, 3.63) is 59.8 Å². The normalized spacial score (nSPS) is 10.1. The third kappa shape index (κ3) is 3.55. The van der Waals surface area contributed by atoms with Crippen molar-refractivity contribution in [1.82, 2.24) is 10.0 Å². The number of amides is 1. The van der Waals surface area contributed by atoms with Crippen molar-refractivity contribution in [2.24, 2.45) is 0 Å². The van der Waals surface area contributed by atoms with E-state index in [1.807, 2.05) is 30.3 Å². The molecule has 5 nitrogen and oxygen atoms in total. The van der Waals surface area contributed by atoms with Gasteiger partial charge in [-0.25, -0.2) is 10.0 Å². The topological polar surface area (TPSA) is 51.7 Å². The Bertz CT molecular complexity index is 572. The molecule has 1 aromatic carbocycles. The highest BCUT2D eigenvalue weighted by Gasteiger charge is 2.13. The first kappa shape index (κ1) is 14.0. The smallest absolute Gasteiger partial charge is 0.295 e. The van der Waals surface area contributed by atoms with Gasteiger partial charge >= 0.3 is 0 Å². The summed E-state index contributed by atoms with van der Waals surface area (Å²) in [7, 11) is 2.95. The lowest BCUT2D eigenvalue weighted by molar-refractivity contribution is -0.0760. The van der Waals surface area contributed by atoms with E-state index < -0.39 is 0 Å². The lowest BCUT2D eigenvalue weighted by atomic mass is 10.2. The van der Waals surface area contributed by atoms with Gasteiger partial charge < -0.3 is 4.74 Å². The Morgan fingerprint density at radius 1 is 1.15 bits per heavy atom. The molecule has 0 aliphatic heterocycles. The summed E-state index contributed by atoms with van der Waals surface area (Å²) in [6.45, 7) is 0.408. The number of benzene rings is 1. The molecule has 0 saturated carbocycles. The van der Waals surface area contributed by atoms with Crippen LogP contribution in [0.3, 0.4) is 0 Å². The molecular weight excluding hydrogens is 256 g/mol. The molecule has 0 saturated heterocycles. The molecule has 1 aromatic heterocycles. The molecule has 5 heteroatoms. The van der Waals surface area contributed by atoms with E-state index in [-0.39, 0.29) is 11.6 Å².